The number of esters is 1. The first-order valence-electron chi connectivity index (χ1n) is 8.72. The highest BCUT2D eigenvalue weighted by Crippen LogP contribution is 2.30. The molecule has 7 nitrogen and oxygen atoms in total. The number of carbonyl (C=O) groups is 2. The summed E-state index contributed by atoms with van der Waals surface area (Å²) in [7, 11) is 1.26. The zero-order valence-corrected chi connectivity index (χ0v) is 17.7. The Labute approximate surface area is 183 Å². The molecule has 0 spiro atoms. The van der Waals surface area contributed by atoms with Crippen LogP contribution in [0.3, 0.4) is 0 Å². The second-order valence-corrected chi connectivity index (χ2v) is 6.57. The van der Waals surface area contributed by atoms with Gasteiger partial charge in [0.15, 0.2) is 18.1 Å². The highest BCUT2D eigenvalue weighted by Gasteiger charge is 2.13. The summed E-state index contributed by atoms with van der Waals surface area (Å²) in [6, 6.07) is 11.3. The van der Waals surface area contributed by atoms with E-state index in [1.807, 2.05) is 6.07 Å². The Kier molecular flexibility index (Phi) is 8.54. The van der Waals surface area contributed by atoms with Crippen molar-refractivity contribution in [2.24, 2.45) is 0 Å². The molecule has 1 N–H and O–H groups in total. The third-order valence-electron chi connectivity index (χ3n) is 3.69. The van der Waals surface area contributed by atoms with Crippen molar-refractivity contribution in [3.8, 4) is 17.6 Å². The van der Waals surface area contributed by atoms with E-state index >= 15 is 0 Å². The lowest BCUT2D eigenvalue weighted by Gasteiger charge is -2.12. The Bertz CT molecular complexity index is 1010. The fourth-order valence-corrected chi connectivity index (χ4v) is 2.58. The SMILES string of the molecule is CCOc1cc(/C=C(\C#N)C(=O)Nc2ccc(Cl)c(Cl)c2)ccc1OCC(=O)OC. The number of nitriles is 1. The van der Waals surface area contributed by atoms with Gasteiger partial charge in [0.2, 0.25) is 0 Å². The molecule has 0 saturated carbocycles. The number of amides is 1. The number of carbonyl (C=O) groups excluding carboxylic acids is 2. The molecule has 0 unspecified atom stereocenters. The highest BCUT2D eigenvalue weighted by molar-refractivity contribution is 6.42. The molecular weight excluding hydrogens is 431 g/mol. The third kappa shape index (κ3) is 6.41. The smallest absolute Gasteiger partial charge is 0.343 e. The number of halogens is 2. The van der Waals surface area contributed by atoms with Crippen LogP contribution in [0.15, 0.2) is 42.0 Å². The largest absolute Gasteiger partial charge is 0.490 e. The van der Waals surface area contributed by atoms with Crippen LogP contribution in [0.2, 0.25) is 10.0 Å². The van der Waals surface area contributed by atoms with Crippen LogP contribution in [0.25, 0.3) is 6.08 Å². The molecule has 0 radical (unpaired) electrons. The van der Waals surface area contributed by atoms with Gasteiger partial charge in [-0.2, -0.15) is 5.26 Å². The van der Waals surface area contributed by atoms with Crippen molar-refractivity contribution >= 4 is 46.8 Å². The quantitative estimate of drug-likeness (QED) is 0.362. The molecule has 0 heterocycles. The van der Waals surface area contributed by atoms with Crippen molar-refractivity contribution < 1.29 is 23.8 Å². The van der Waals surface area contributed by atoms with Crippen molar-refractivity contribution in [2.45, 2.75) is 6.92 Å². The molecule has 0 fully saturated rings. The average Bonchev–Trinajstić information content (AvgIpc) is 2.73. The topological polar surface area (TPSA) is 97.6 Å². The predicted molar refractivity (Wildman–Crippen MR) is 114 cm³/mol. The van der Waals surface area contributed by atoms with Gasteiger partial charge in [0.1, 0.15) is 11.6 Å². The Morgan fingerprint density at radius 1 is 1.10 bits per heavy atom. The van der Waals surface area contributed by atoms with Gasteiger partial charge >= 0.3 is 5.97 Å². The third-order valence-corrected chi connectivity index (χ3v) is 4.43. The summed E-state index contributed by atoms with van der Waals surface area (Å²) in [6.45, 7) is 1.87. The van der Waals surface area contributed by atoms with Crippen LogP contribution in [-0.4, -0.2) is 32.2 Å². The number of hydrogen-bond donors (Lipinski definition) is 1. The Morgan fingerprint density at radius 3 is 2.50 bits per heavy atom. The van der Waals surface area contributed by atoms with E-state index in [9.17, 15) is 14.9 Å². The number of nitrogens with zero attached hydrogens (tertiary/aromatic N) is 1. The van der Waals surface area contributed by atoms with E-state index in [0.29, 0.717) is 34.4 Å². The minimum absolute atomic E-state index is 0.133. The summed E-state index contributed by atoms with van der Waals surface area (Å²) in [6.07, 6.45) is 1.40. The van der Waals surface area contributed by atoms with Crippen molar-refractivity contribution in [2.75, 3.05) is 25.6 Å². The van der Waals surface area contributed by atoms with E-state index in [1.54, 1.807) is 31.2 Å². The van der Waals surface area contributed by atoms with E-state index in [1.165, 1.54) is 25.3 Å². The lowest BCUT2D eigenvalue weighted by atomic mass is 10.1. The van der Waals surface area contributed by atoms with Gasteiger partial charge < -0.3 is 19.5 Å². The van der Waals surface area contributed by atoms with Crippen molar-refractivity contribution in [3.63, 3.8) is 0 Å². The molecule has 9 heteroatoms. The molecule has 1 amide bonds. The van der Waals surface area contributed by atoms with E-state index < -0.39 is 11.9 Å². The van der Waals surface area contributed by atoms with Gasteiger partial charge in [-0.25, -0.2) is 4.79 Å². The van der Waals surface area contributed by atoms with Gasteiger partial charge in [0, 0.05) is 5.69 Å². The number of anilines is 1. The molecule has 0 atom stereocenters. The standard InChI is InChI=1S/C21H18Cl2N2O5/c1-3-29-19-9-13(4-7-18(19)30-12-20(26)28-2)8-14(11-24)21(27)25-15-5-6-16(22)17(23)10-15/h4-10H,3,12H2,1-2H3,(H,25,27)/b14-8+. The number of rotatable bonds is 8. The van der Waals surface area contributed by atoms with Gasteiger partial charge in [0.05, 0.1) is 23.8 Å². The molecule has 0 aliphatic heterocycles. The van der Waals surface area contributed by atoms with Gasteiger partial charge in [-0.15, -0.1) is 0 Å². The van der Waals surface area contributed by atoms with Gasteiger partial charge in [0.25, 0.3) is 5.91 Å². The van der Waals surface area contributed by atoms with E-state index in [-0.39, 0.29) is 17.2 Å². The maximum Gasteiger partial charge on any atom is 0.343 e. The van der Waals surface area contributed by atoms with Crippen LogP contribution in [0.1, 0.15) is 12.5 Å². The Morgan fingerprint density at radius 2 is 1.87 bits per heavy atom. The van der Waals surface area contributed by atoms with Crippen molar-refractivity contribution in [1.82, 2.24) is 0 Å². The minimum atomic E-state index is -0.611. The summed E-state index contributed by atoms with van der Waals surface area (Å²) in [5, 5.41) is 12.6. The van der Waals surface area contributed by atoms with Crippen LogP contribution in [-0.2, 0) is 14.3 Å². The number of benzene rings is 2. The number of hydrogen-bond acceptors (Lipinski definition) is 6. The van der Waals surface area contributed by atoms with Gasteiger partial charge in [-0.3, -0.25) is 4.79 Å². The Balaban J connectivity index is 2.23. The van der Waals surface area contributed by atoms with Crippen LogP contribution in [0, 0.1) is 11.3 Å². The molecule has 2 rings (SSSR count). The molecule has 0 aliphatic carbocycles. The molecule has 0 saturated heterocycles. The van der Waals surface area contributed by atoms with Gasteiger partial charge in [-0.1, -0.05) is 29.3 Å². The number of nitrogens with one attached hydrogen (secondary N) is 1. The van der Waals surface area contributed by atoms with E-state index in [2.05, 4.69) is 10.1 Å². The molecule has 0 aromatic heterocycles. The first-order chi connectivity index (χ1) is 14.4. The summed E-state index contributed by atoms with van der Waals surface area (Å²) in [4.78, 5) is 23.7. The summed E-state index contributed by atoms with van der Waals surface area (Å²) < 4.78 is 15.5. The number of methoxy groups -OCH3 is 1. The monoisotopic (exact) mass is 448 g/mol. The molecular formula is C21H18Cl2N2O5. The van der Waals surface area contributed by atoms with E-state index in [0.717, 1.165) is 0 Å². The zero-order chi connectivity index (χ0) is 22.1. The maximum absolute atomic E-state index is 12.4. The Hall–Kier alpha value is -3.21. The first kappa shape index (κ1) is 23.1. The lowest BCUT2D eigenvalue weighted by molar-refractivity contribution is -0.142. The molecule has 0 bridgehead atoms. The minimum Gasteiger partial charge on any atom is -0.490 e. The van der Waals surface area contributed by atoms with Crippen LogP contribution in [0.4, 0.5) is 5.69 Å². The summed E-state index contributed by atoms with van der Waals surface area (Å²) in [5.41, 5.74) is 0.800. The fraction of sp³-hybridized carbons (Fsp3) is 0.190. The van der Waals surface area contributed by atoms with E-state index in [4.69, 9.17) is 32.7 Å². The van der Waals surface area contributed by atoms with Crippen LogP contribution < -0.4 is 14.8 Å². The summed E-state index contributed by atoms with van der Waals surface area (Å²) in [5.74, 6) is -0.456. The predicted octanol–water partition coefficient (Wildman–Crippen LogP) is 4.49. The highest BCUT2D eigenvalue weighted by atomic mass is 35.5. The maximum atomic E-state index is 12.4. The summed E-state index contributed by atoms with van der Waals surface area (Å²) >= 11 is 11.8. The number of ether oxygens (including phenoxy) is 3. The first-order valence-corrected chi connectivity index (χ1v) is 9.48. The van der Waals surface area contributed by atoms with Crippen LogP contribution >= 0.6 is 23.2 Å². The van der Waals surface area contributed by atoms with Crippen molar-refractivity contribution in [1.29, 1.82) is 5.26 Å². The zero-order valence-electron chi connectivity index (χ0n) is 16.2. The molecule has 30 heavy (non-hydrogen) atoms. The second-order valence-electron chi connectivity index (χ2n) is 5.76. The molecule has 156 valence electrons. The second kappa shape index (κ2) is 11.1. The fourth-order valence-electron chi connectivity index (χ4n) is 2.29. The normalized spacial score (nSPS) is 10.7. The van der Waals surface area contributed by atoms with Crippen molar-refractivity contribution in [3.05, 3.63) is 57.6 Å². The van der Waals surface area contributed by atoms with Gasteiger partial charge in [-0.05, 0) is 48.9 Å². The molecule has 2 aromatic rings. The van der Waals surface area contributed by atoms with Crippen LogP contribution in [0.5, 0.6) is 11.5 Å². The molecule has 0 aliphatic rings. The molecule has 2 aromatic carbocycles. The lowest BCUT2D eigenvalue weighted by Crippen LogP contribution is -2.13. The average molecular weight is 449 g/mol.